The van der Waals surface area contributed by atoms with Crippen molar-refractivity contribution in [2.24, 2.45) is 5.73 Å². The molecule has 5 heteroatoms. The fraction of sp³-hybridized carbons (Fsp3) is 0.100. The first-order valence-electron chi connectivity index (χ1n) is 4.46. The predicted molar refractivity (Wildman–Crippen MR) is 56.8 cm³/mol. The normalized spacial score (nSPS) is 10.4. The van der Waals surface area contributed by atoms with Crippen LogP contribution >= 0.6 is 0 Å². The zero-order valence-electron chi connectivity index (χ0n) is 7.97. The van der Waals surface area contributed by atoms with Crippen LogP contribution in [-0.2, 0) is 11.2 Å². The van der Waals surface area contributed by atoms with Gasteiger partial charge in [-0.25, -0.2) is 9.97 Å². The Morgan fingerprint density at radius 2 is 2.00 bits per heavy atom. The third kappa shape index (κ3) is 1.85. The number of amides is 1. The highest BCUT2D eigenvalue weighted by molar-refractivity contribution is 5.86. The van der Waals surface area contributed by atoms with E-state index in [1.54, 1.807) is 0 Å². The van der Waals surface area contributed by atoms with Crippen molar-refractivity contribution in [1.82, 2.24) is 9.97 Å². The molecule has 5 nitrogen and oxygen atoms in total. The summed E-state index contributed by atoms with van der Waals surface area (Å²) in [5.74, 6) is -0.275. The van der Waals surface area contributed by atoms with Crippen molar-refractivity contribution < 1.29 is 4.79 Å². The molecule has 15 heavy (non-hydrogen) atoms. The van der Waals surface area contributed by atoms with Crippen molar-refractivity contribution in [2.75, 3.05) is 5.73 Å². The fourth-order valence-corrected chi connectivity index (χ4v) is 1.46. The number of nitrogens with zero attached hydrogens (tertiary/aromatic N) is 2. The van der Waals surface area contributed by atoms with Gasteiger partial charge >= 0.3 is 0 Å². The summed E-state index contributed by atoms with van der Waals surface area (Å²) in [5, 5.41) is 0.811. The second kappa shape index (κ2) is 3.53. The summed E-state index contributed by atoms with van der Waals surface area (Å²) in [6.07, 6.45) is 0.0766. The number of nitrogens with two attached hydrogens (primary N) is 2. The average Bonchev–Trinajstić information content (AvgIpc) is 2.16. The third-order valence-corrected chi connectivity index (χ3v) is 2.04. The molecule has 0 aliphatic carbocycles. The standard InChI is InChI=1S/C10H10N4O/c11-9(15)5-8-6-3-1-2-4-7(6)13-10(12)14-8/h1-4H,5H2,(H2,11,15)(H2,12,13,14). The van der Waals surface area contributed by atoms with E-state index in [9.17, 15) is 4.79 Å². The van der Waals surface area contributed by atoms with E-state index in [4.69, 9.17) is 11.5 Å². The van der Waals surface area contributed by atoms with Crippen LogP contribution in [0.5, 0.6) is 0 Å². The zero-order chi connectivity index (χ0) is 10.8. The van der Waals surface area contributed by atoms with Crippen molar-refractivity contribution in [3.8, 4) is 0 Å². The van der Waals surface area contributed by atoms with Crippen LogP contribution in [0, 0.1) is 0 Å². The molecule has 0 bridgehead atoms. The molecule has 0 unspecified atom stereocenters. The van der Waals surface area contributed by atoms with Gasteiger partial charge in [0.1, 0.15) is 0 Å². The lowest BCUT2D eigenvalue weighted by molar-refractivity contribution is -0.117. The number of nitrogen functional groups attached to an aromatic ring is 1. The van der Waals surface area contributed by atoms with Crippen LogP contribution in [0.2, 0.25) is 0 Å². The Morgan fingerprint density at radius 3 is 2.73 bits per heavy atom. The first-order chi connectivity index (χ1) is 7.16. The van der Waals surface area contributed by atoms with Gasteiger partial charge in [-0.1, -0.05) is 18.2 Å². The summed E-state index contributed by atoms with van der Waals surface area (Å²) in [6.45, 7) is 0. The Hall–Kier alpha value is -2.17. The number of fused-ring (bicyclic) bond motifs is 1. The maximum Gasteiger partial charge on any atom is 0.223 e. The van der Waals surface area contributed by atoms with Crippen LogP contribution in [-0.4, -0.2) is 15.9 Å². The molecule has 0 saturated heterocycles. The van der Waals surface area contributed by atoms with Crippen molar-refractivity contribution in [3.63, 3.8) is 0 Å². The van der Waals surface area contributed by atoms with Gasteiger partial charge in [-0.15, -0.1) is 0 Å². The lowest BCUT2D eigenvalue weighted by atomic mass is 10.1. The van der Waals surface area contributed by atoms with Gasteiger partial charge in [0.05, 0.1) is 17.6 Å². The molecule has 2 aromatic rings. The maximum atomic E-state index is 10.8. The first-order valence-corrected chi connectivity index (χ1v) is 4.46. The van der Waals surface area contributed by atoms with Crippen LogP contribution in [0.1, 0.15) is 5.69 Å². The summed E-state index contributed by atoms with van der Waals surface area (Å²) < 4.78 is 0. The van der Waals surface area contributed by atoms with E-state index in [1.807, 2.05) is 24.3 Å². The molecule has 0 saturated carbocycles. The number of hydrogen-bond donors (Lipinski definition) is 2. The Kier molecular flexibility index (Phi) is 2.21. The van der Waals surface area contributed by atoms with Gasteiger partial charge < -0.3 is 11.5 Å². The minimum Gasteiger partial charge on any atom is -0.369 e. The smallest absolute Gasteiger partial charge is 0.223 e. The van der Waals surface area contributed by atoms with Crippen LogP contribution in [0.3, 0.4) is 0 Å². The average molecular weight is 202 g/mol. The van der Waals surface area contributed by atoms with Gasteiger partial charge in [0.2, 0.25) is 11.9 Å². The van der Waals surface area contributed by atoms with E-state index in [0.29, 0.717) is 5.69 Å². The van der Waals surface area contributed by atoms with E-state index in [1.165, 1.54) is 0 Å². The van der Waals surface area contributed by atoms with Crippen molar-refractivity contribution in [2.45, 2.75) is 6.42 Å². The van der Waals surface area contributed by atoms with Crippen LogP contribution in [0.4, 0.5) is 5.95 Å². The van der Waals surface area contributed by atoms with Crippen LogP contribution < -0.4 is 11.5 Å². The Morgan fingerprint density at radius 1 is 1.27 bits per heavy atom. The molecule has 1 amide bonds. The van der Waals surface area contributed by atoms with E-state index in [2.05, 4.69) is 9.97 Å². The van der Waals surface area contributed by atoms with E-state index >= 15 is 0 Å². The molecular weight excluding hydrogens is 192 g/mol. The molecule has 0 radical (unpaired) electrons. The number of rotatable bonds is 2. The predicted octanol–water partition coefficient (Wildman–Crippen LogP) is 0.240. The first kappa shape index (κ1) is 9.39. The fourth-order valence-electron chi connectivity index (χ4n) is 1.46. The number of benzene rings is 1. The summed E-state index contributed by atoms with van der Waals surface area (Å²) >= 11 is 0. The summed E-state index contributed by atoms with van der Waals surface area (Å²) in [5.41, 5.74) is 11.9. The highest BCUT2D eigenvalue weighted by Gasteiger charge is 2.07. The van der Waals surface area contributed by atoms with E-state index in [0.717, 1.165) is 10.9 Å². The quantitative estimate of drug-likeness (QED) is 0.729. The topological polar surface area (TPSA) is 94.9 Å². The van der Waals surface area contributed by atoms with Crippen LogP contribution in [0.15, 0.2) is 24.3 Å². The molecule has 1 aromatic carbocycles. The molecule has 2 rings (SSSR count). The number of aromatic nitrogens is 2. The van der Waals surface area contributed by atoms with Crippen LogP contribution in [0.25, 0.3) is 10.9 Å². The molecule has 76 valence electrons. The number of primary amides is 1. The number of carbonyl (C=O) groups is 1. The van der Waals surface area contributed by atoms with E-state index in [-0.39, 0.29) is 12.4 Å². The van der Waals surface area contributed by atoms with Gasteiger partial charge in [-0.2, -0.15) is 0 Å². The molecule has 1 aromatic heterocycles. The molecule has 1 heterocycles. The number of hydrogen-bond acceptors (Lipinski definition) is 4. The van der Waals surface area contributed by atoms with Gasteiger partial charge in [-0.3, -0.25) is 4.79 Å². The number of para-hydroxylation sites is 1. The van der Waals surface area contributed by atoms with Crippen molar-refractivity contribution >= 4 is 22.8 Å². The zero-order valence-corrected chi connectivity index (χ0v) is 7.97. The number of anilines is 1. The molecule has 0 fully saturated rings. The Labute approximate surface area is 86.1 Å². The monoisotopic (exact) mass is 202 g/mol. The molecule has 0 aliphatic rings. The molecule has 0 spiro atoms. The Balaban J connectivity index is 2.65. The second-order valence-corrected chi connectivity index (χ2v) is 3.19. The van der Waals surface area contributed by atoms with Crippen molar-refractivity contribution in [1.29, 1.82) is 0 Å². The summed E-state index contributed by atoms with van der Waals surface area (Å²) in [7, 11) is 0. The van der Waals surface area contributed by atoms with Crippen molar-refractivity contribution in [3.05, 3.63) is 30.0 Å². The van der Waals surface area contributed by atoms with E-state index < -0.39 is 5.91 Å². The Bertz CT molecular complexity index is 524. The number of carbonyl (C=O) groups excluding carboxylic acids is 1. The molecule has 0 atom stereocenters. The minimum atomic E-state index is -0.432. The molecular formula is C10H10N4O. The SMILES string of the molecule is NC(=O)Cc1nc(N)nc2ccccc12. The highest BCUT2D eigenvalue weighted by Crippen LogP contribution is 2.16. The summed E-state index contributed by atoms with van der Waals surface area (Å²) in [6, 6.07) is 7.36. The van der Waals surface area contributed by atoms with Gasteiger partial charge in [0.15, 0.2) is 0 Å². The lowest BCUT2D eigenvalue weighted by Crippen LogP contribution is -2.15. The largest absolute Gasteiger partial charge is 0.369 e. The second-order valence-electron chi connectivity index (χ2n) is 3.19. The maximum absolute atomic E-state index is 10.8. The van der Waals surface area contributed by atoms with Gasteiger partial charge in [-0.05, 0) is 6.07 Å². The lowest BCUT2D eigenvalue weighted by Gasteiger charge is -2.04. The highest BCUT2D eigenvalue weighted by atomic mass is 16.1. The van der Waals surface area contributed by atoms with Gasteiger partial charge in [0.25, 0.3) is 0 Å². The van der Waals surface area contributed by atoms with Gasteiger partial charge in [0, 0.05) is 5.39 Å². The minimum absolute atomic E-state index is 0.0766. The summed E-state index contributed by atoms with van der Waals surface area (Å²) in [4.78, 5) is 18.9. The molecule has 0 aliphatic heterocycles. The molecule has 4 N–H and O–H groups in total. The third-order valence-electron chi connectivity index (χ3n) is 2.04.